The molecule has 15 heavy (non-hydrogen) atoms. The van der Waals surface area contributed by atoms with Crippen LogP contribution in [0.15, 0.2) is 16.6 Å². The van der Waals surface area contributed by atoms with Gasteiger partial charge in [-0.05, 0) is 38.5 Å². The lowest BCUT2D eigenvalue weighted by molar-refractivity contribution is 0.289. The molecule has 3 heteroatoms. The summed E-state index contributed by atoms with van der Waals surface area (Å²) in [6.07, 6.45) is 0. The van der Waals surface area contributed by atoms with Gasteiger partial charge in [-0.2, -0.15) is 0 Å². The van der Waals surface area contributed by atoms with Crippen LogP contribution in [0.5, 0.6) is 0 Å². The third-order valence-electron chi connectivity index (χ3n) is 2.98. The minimum absolute atomic E-state index is 0.195. The normalized spacial score (nSPS) is 20.4. The maximum Gasteiger partial charge on any atom is 0.0510 e. The number of nitrogens with one attached hydrogen (secondary N) is 1. The van der Waals surface area contributed by atoms with Gasteiger partial charge in [-0.1, -0.05) is 26.8 Å². The van der Waals surface area contributed by atoms with Gasteiger partial charge in [0.15, 0.2) is 0 Å². The molecule has 1 aliphatic heterocycles. The molecule has 0 spiro atoms. The first-order chi connectivity index (χ1) is 6.91. The molecule has 1 atom stereocenters. The van der Waals surface area contributed by atoms with Crippen molar-refractivity contribution < 1.29 is 0 Å². The van der Waals surface area contributed by atoms with Crippen LogP contribution in [0.2, 0.25) is 0 Å². The first-order valence-corrected chi connectivity index (χ1v) is 6.00. The molecular weight excluding hydrogens is 252 g/mol. The number of fused-ring (bicyclic) bond motifs is 1. The maximum atomic E-state index is 6.13. The van der Waals surface area contributed by atoms with Crippen molar-refractivity contribution in [1.29, 1.82) is 0 Å². The van der Waals surface area contributed by atoms with E-state index in [1.165, 1.54) is 11.1 Å². The molecular formula is C12H17BrN2. The van der Waals surface area contributed by atoms with Crippen molar-refractivity contribution in [1.82, 2.24) is 5.32 Å². The van der Waals surface area contributed by atoms with Crippen LogP contribution in [-0.4, -0.2) is 0 Å². The summed E-state index contributed by atoms with van der Waals surface area (Å²) < 4.78 is 0.999. The van der Waals surface area contributed by atoms with Gasteiger partial charge in [0, 0.05) is 17.1 Å². The van der Waals surface area contributed by atoms with Crippen molar-refractivity contribution >= 4 is 21.6 Å². The Morgan fingerprint density at radius 3 is 2.67 bits per heavy atom. The van der Waals surface area contributed by atoms with E-state index in [2.05, 4.69) is 48.1 Å². The molecule has 0 amide bonds. The van der Waals surface area contributed by atoms with E-state index in [4.69, 9.17) is 5.73 Å². The second kappa shape index (κ2) is 3.49. The van der Waals surface area contributed by atoms with E-state index >= 15 is 0 Å². The summed E-state index contributed by atoms with van der Waals surface area (Å²) in [7, 11) is 0. The number of benzene rings is 1. The van der Waals surface area contributed by atoms with Crippen molar-refractivity contribution in [3.63, 3.8) is 0 Å². The van der Waals surface area contributed by atoms with E-state index in [0.717, 1.165) is 16.7 Å². The number of nitrogen functional groups attached to an aromatic ring is 1. The standard InChI is InChI=1S/C12H17BrN2/c1-12(2,3)11-9-7(6-15-11)4-5-8(13)10(9)14/h4-5,11,15H,6,14H2,1-3H3. The van der Waals surface area contributed by atoms with E-state index in [1.54, 1.807) is 0 Å². The van der Waals surface area contributed by atoms with Gasteiger partial charge >= 0.3 is 0 Å². The summed E-state index contributed by atoms with van der Waals surface area (Å²) >= 11 is 3.49. The molecule has 2 nitrogen and oxygen atoms in total. The van der Waals surface area contributed by atoms with Crippen molar-refractivity contribution in [2.75, 3.05) is 5.73 Å². The topological polar surface area (TPSA) is 38.0 Å². The van der Waals surface area contributed by atoms with E-state index in [-0.39, 0.29) is 5.41 Å². The smallest absolute Gasteiger partial charge is 0.0510 e. The molecule has 82 valence electrons. The maximum absolute atomic E-state index is 6.13. The third-order valence-corrected chi connectivity index (χ3v) is 3.67. The number of nitrogens with two attached hydrogens (primary N) is 1. The number of hydrogen-bond acceptors (Lipinski definition) is 2. The average Bonchev–Trinajstić information content (AvgIpc) is 2.54. The van der Waals surface area contributed by atoms with E-state index < -0.39 is 0 Å². The number of rotatable bonds is 0. The van der Waals surface area contributed by atoms with Crippen LogP contribution < -0.4 is 11.1 Å². The lowest BCUT2D eigenvalue weighted by Crippen LogP contribution is -2.27. The Balaban J connectivity index is 2.54. The Labute approximate surface area is 99.4 Å². The lowest BCUT2D eigenvalue weighted by Gasteiger charge is -2.29. The third kappa shape index (κ3) is 1.79. The van der Waals surface area contributed by atoms with Crippen LogP contribution in [0.3, 0.4) is 0 Å². The molecule has 0 bridgehead atoms. The summed E-state index contributed by atoms with van der Waals surface area (Å²) in [6, 6.07) is 4.53. The monoisotopic (exact) mass is 268 g/mol. The predicted molar refractivity (Wildman–Crippen MR) is 67.6 cm³/mol. The summed E-state index contributed by atoms with van der Waals surface area (Å²) in [6.45, 7) is 7.63. The molecule has 1 aromatic carbocycles. The number of hydrogen-bond donors (Lipinski definition) is 2. The second-order valence-corrected chi connectivity index (χ2v) is 6.07. The van der Waals surface area contributed by atoms with Gasteiger partial charge in [-0.15, -0.1) is 0 Å². The number of halogens is 1. The molecule has 0 saturated carbocycles. The van der Waals surface area contributed by atoms with Crippen LogP contribution in [0.25, 0.3) is 0 Å². The highest BCUT2D eigenvalue weighted by molar-refractivity contribution is 9.10. The fraction of sp³-hybridized carbons (Fsp3) is 0.500. The Kier molecular flexibility index (Phi) is 2.55. The number of anilines is 1. The van der Waals surface area contributed by atoms with Gasteiger partial charge in [0.05, 0.1) is 5.69 Å². The van der Waals surface area contributed by atoms with Gasteiger partial charge in [-0.25, -0.2) is 0 Å². The second-order valence-electron chi connectivity index (χ2n) is 5.21. The Hall–Kier alpha value is -0.540. The Morgan fingerprint density at radius 2 is 2.07 bits per heavy atom. The van der Waals surface area contributed by atoms with Crippen LogP contribution in [-0.2, 0) is 6.54 Å². The predicted octanol–water partition coefficient (Wildman–Crippen LogP) is 3.22. The summed E-state index contributed by atoms with van der Waals surface area (Å²) in [5.74, 6) is 0. The molecule has 3 N–H and O–H groups in total. The quantitative estimate of drug-likeness (QED) is 0.710. The minimum atomic E-state index is 0.195. The highest BCUT2D eigenvalue weighted by Gasteiger charge is 2.33. The largest absolute Gasteiger partial charge is 0.398 e. The molecule has 1 heterocycles. The zero-order valence-electron chi connectivity index (χ0n) is 9.39. The average molecular weight is 269 g/mol. The van der Waals surface area contributed by atoms with Crippen molar-refractivity contribution in [3.8, 4) is 0 Å². The van der Waals surface area contributed by atoms with Crippen LogP contribution in [0.1, 0.15) is 37.9 Å². The van der Waals surface area contributed by atoms with E-state index in [9.17, 15) is 0 Å². The molecule has 0 aromatic heterocycles. The van der Waals surface area contributed by atoms with Gasteiger partial charge in [-0.3, -0.25) is 0 Å². The van der Waals surface area contributed by atoms with Crippen LogP contribution in [0, 0.1) is 5.41 Å². The molecule has 0 aliphatic carbocycles. The lowest BCUT2D eigenvalue weighted by atomic mass is 9.82. The first kappa shape index (κ1) is 11.0. The molecule has 1 unspecified atom stereocenters. The zero-order valence-corrected chi connectivity index (χ0v) is 11.0. The van der Waals surface area contributed by atoms with Gasteiger partial charge < -0.3 is 11.1 Å². The summed E-state index contributed by atoms with van der Waals surface area (Å²) in [4.78, 5) is 0. The van der Waals surface area contributed by atoms with E-state index in [0.29, 0.717) is 6.04 Å². The minimum Gasteiger partial charge on any atom is -0.398 e. The van der Waals surface area contributed by atoms with Crippen molar-refractivity contribution in [2.24, 2.45) is 5.41 Å². The Morgan fingerprint density at radius 1 is 1.40 bits per heavy atom. The molecule has 0 radical (unpaired) electrons. The Bertz CT molecular complexity index is 393. The molecule has 2 rings (SSSR count). The summed E-state index contributed by atoms with van der Waals surface area (Å²) in [5, 5.41) is 3.53. The fourth-order valence-electron chi connectivity index (χ4n) is 2.20. The zero-order chi connectivity index (χ0) is 11.2. The van der Waals surface area contributed by atoms with Crippen LogP contribution in [0.4, 0.5) is 5.69 Å². The van der Waals surface area contributed by atoms with E-state index in [1.807, 2.05) is 6.07 Å². The molecule has 0 saturated heterocycles. The molecule has 1 aromatic rings. The van der Waals surface area contributed by atoms with Gasteiger partial charge in [0.2, 0.25) is 0 Å². The van der Waals surface area contributed by atoms with Crippen LogP contribution >= 0.6 is 15.9 Å². The van der Waals surface area contributed by atoms with Crippen molar-refractivity contribution in [3.05, 3.63) is 27.7 Å². The van der Waals surface area contributed by atoms with Gasteiger partial charge in [0.25, 0.3) is 0 Å². The highest BCUT2D eigenvalue weighted by atomic mass is 79.9. The molecule has 1 aliphatic rings. The van der Waals surface area contributed by atoms with Gasteiger partial charge in [0.1, 0.15) is 0 Å². The first-order valence-electron chi connectivity index (χ1n) is 5.21. The fourth-order valence-corrected chi connectivity index (χ4v) is 2.55. The molecule has 0 fully saturated rings. The highest BCUT2D eigenvalue weighted by Crippen LogP contribution is 2.43. The summed E-state index contributed by atoms with van der Waals surface area (Å²) in [5.41, 5.74) is 9.82. The van der Waals surface area contributed by atoms with Crippen molar-refractivity contribution in [2.45, 2.75) is 33.4 Å². The SMILES string of the molecule is CC(C)(C)C1NCc2ccc(Br)c(N)c21.